The summed E-state index contributed by atoms with van der Waals surface area (Å²) in [5.41, 5.74) is 2.19. The molecule has 0 aromatic heterocycles. The third-order valence-corrected chi connectivity index (χ3v) is 3.16. The first-order chi connectivity index (χ1) is 9.62. The van der Waals surface area contributed by atoms with Crippen molar-refractivity contribution in [3.05, 3.63) is 47.0 Å². The molecule has 0 unspecified atom stereocenters. The van der Waals surface area contributed by atoms with E-state index in [2.05, 4.69) is 0 Å². The van der Waals surface area contributed by atoms with Crippen LogP contribution in [0.4, 0.5) is 0 Å². The predicted molar refractivity (Wildman–Crippen MR) is 74.0 cm³/mol. The van der Waals surface area contributed by atoms with Gasteiger partial charge in [-0.25, -0.2) is 0 Å². The number of aryl methyl sites for hydroxylation is 1. The van der Waals surface area contributed by atoms with Gasteiger partial charge in [-0.3, -0.25) is 0 Å². The fourth-order valence-electron chi connectivity index (χ4n) is 2.06. The van der Waals surface area contributed by atoms with Crippen molar-refractivity contribution in [1.29, 1.82) is 10.5 Å². The number of phenolic OH excluding ortho intramolecular Hbond substituents is 2. The van der Waals surface area contributed by atoms with Crippen LogP contribution in [-0.4, -0.2) is 10.2 Å². The van der Waals surface area contributed by atoms with E-state index in [1.54, 1.807) is 12.1 Å². The molecule has 0 fully saturated rings. The van der Waals surface area contributed by atoms with Gasteiger partial charge in [-0.05, 0) is 17.5 Å². The fraction of sp³-hybridized carbons (Fsp3) is 0.125. The molecule has 0 saturated heterocycles. The van der Waals surface area contributed by atoms with Gasteiger partial charge >= 0.3 is 0 Å². The van der Waals surface area contributed by atoms with E-state index < -0.39 is 11.5 Å². The maximum absolute atomic E-state index is 9.78. The minimum absolute atomic E-state index is 0.0919. The lowest BCUT2D eigenvalue weighted by Crippen LogP contribution is -1.92. The summed E-state index contributed by atoms with van der Waals surface area (Å²) in [6, 6.07) is 12.4. The number of benzene rings is 2. The molecule has 2 N–H and O–H groups in total. The van der Waals surface area contributed by atoms with Gasteiger partial charge in [0, 0.05) is 11.6 Å². The Labute approximate surface area is 116 Å². The molecule has 0 heterocycles. The van der Waals surface area contributed by atoms with Crippen LogP contribution in [0.5, 0.6) is 11.5 Å². The van der Waals surface area contributed by atoms with Crippen molar-refractivity contribution in [3.63, 3.8) is 0 Å². The van der Waals surface area contributed by atoms with Crippen LogP contribution in [0.1, 0.15) is 23.6 Å². The Morgan fingerprint density at radius 2 is 1.70 bits per heavy atom. The molecule has 20 heavy (non-hydrogen) atoms. The van der Waals surface area contributed by atoms with Crippen LogP contribution < -0.4 is 0 Å². The highest BCUT2D eigenvalue weighted by atomic mass is 16.3. The van der Waals surface area contributed by atoms with Gasteiger partial charge in [-0.2, -0.15) is 10.5 Å². The number of hydrogen-bond donors (Lipinski definition) is 2. The van der Waals surface area contributed by atoms with E-state index in [1.807, 2.05) is 31.2 Å². The molecule has 0 spiro atoms. The molecule has 0 amide bonds. The number of hydrogen-bond acceptors (Lipinski definition) is 4. The van der Waals surface area contributed by atoms with Gasteiger partial charge in [0.2, 0.25) is 0 Å². The molecule has 0 aliphatic heterocycles. The van der Waals surface area contributed by atoms with E-state index in [0.717, 1.165) is 12.0 Å². The summed E-state index contributed by atoms with van der Waals surface area (Å²) in [6.45, 7) is 2.03. The molecule has 2 aromatic rings. The lowest BCUT2D eigenvalue weighted by molar-refractivity contribution is 0.402. The molecular weight excluding hydrogens is 252 g/mol. The zero-order valence-electron chi connectivity index (χ0n) is 10.9. The molecule has 0 bridgehead atoms. The van der Waals surface area contributed by atoms with Crippen molar-refractivity contribution >= 4 is 0 Å². The Balaban J connectivity index is 2.75. The molecule has 4 nitrogen and oxygen atoms in total. The zero-order chi connectivity index (χ0) is 14.7. The molecule has 2 rings (SSSR count). The summed E-state index contributed by atoms with van der Waals surface area (Å²) in [7, 11) is 0. The van der Waals surface area contributed by atoms with Crippen molar-refractivity contribution in [2.75, 3.05) is 0 Å². The highest BCUT2D eigenvalue weighted by molar-refractivity contribution is 5.81. The van der Waals surface area contributed by atoms with Crippen molar-refractivity contribution in [3.8, 4) is 34.8 Å². The molecule has 0 aliphatic carbocycles. The SMILES string of the molecule is CCc1ccc(-c2c(C#N)cc(O)c(O)c2C#N)cc1. The summed E-state index contributed by atoms with van der Waals surface area (Å²) in [4.78, 5) is 0. The Kier molecular flexibility index (Phi) is 3.59. The number of nitrogens with zero attached hydrogens (tertiary/aromatic N) is 2. The van der Waals surface area contributed by atoms with E-state index in [4.69, 9.17) is 5.26 Å². The van der Waals surface area contributed by atoms with E-state index in [9.17, 15) is 15.5 Å². The van der Waals surface area contributed by atoms with Gasteiger partial charge < -0.3 is 10.2 Å². The van der Waals surface area contributed by atoms with Crippen molar-refractivity contribution in [2.24, 2.45) is 0 Å². The maximum Gasteiger partial charge on any atom is 0.176 e. The second-order valence-electron chi connectivity index (χ2n) is 4.32. The number of aromatic hydroxyl groups is 2. The molecule has 0 atom stereocenters. The molecule has 0 radical (unpaired) electrons. The molecule has 0 saturated carbocycles. The summed E-state index contributed by atoms with van der Waals surface area (Å²) >= 11 is 0. The summed E-state index contributed by atoms with van der Waals surface area (Å²) < 4.78 is 0. The normalized spacial score (nSPS) is 9.75. The van der Waals surface area contributed by atoms with Crippen LogP contribution >= 0.6 is 0 Å². The van der Waals surface area contributed by atoms with Crippen molar-refractivity contribution in [1.82, 2.24) is 0 Å². The second kappa shape index (κ2) is 5.34. The molecule has 98 valence electrons. The molecule has 4 heteroatoms. The van der Waals surface area contributed by atoms with Gasteiger partial charge in [-0.1, -0.05) is 31.2 Å². The van der Waals surface area contributed by atoms with Crippen LogP contribution in [0, 0.1) is 22.7 Å². The highest BCUT2D eigenvalue weighted by Crippen LogP contribution is 2.39. The van der Waals surface area contributed by atoms with Gasteiger partial charge in [0.05, 0.1) is 11.6 Å². The van der Waals surface area contributed by atoms with Gasteiger partial charge in [0.25, 0.3) is 0 Å². The summed E-state index contributed by atoms with van der Waals surface area (Å²) in [6.07, 6.45) is 0.886. The van der Waals surface area contributed by atoms with Gasteiger partial charge in [-0.15, -0.1) is 0 Å². The minimum Gasteiger partial charge on any atom is -0.504 e. The Hall–Kier alpha value is -2.98. The third kappa shape index (κ3) is 2.15. The first-order valence-corrected chi connectivity index (χ1v) is 6.10. The first-order valence-electron chi connectivity index (χ1n) is 6.10. The topological polar surface area (TPSA) is 88.0 Å². The fourth-order valence-corrected chi connectivity index (χ4v) is 2.06. The first kappa shape index (κ1) is 13.5. The second-order valence-corrected chi connectivity index (χ2v) is 4.32. The number of rotatable bonds is 2. The zero-order valence-corrected chi connectivity index (χ0v) is 10.9. The van der Waals surface area contributed by atoms with Gasteiger partial charge in [0.15, 0.2) is 11.5 Å². The van der Waals surface area contributed by atoms with Crippen molar-refractivity contribution in [2.45, 2.75) is 13.3 Å². The lowest BCUT2D eigenvalue weighted by atomic mass is 9.93. The smallest absolute Gasteiger partial charge is 0.176 e. The third-order valence-electron chi connectivity index (χ3n) is 3.16. The number of phenols is 2. The van der Waals surface area contributed by atoms with Crippen LogP contribution in [0.25, 0.3) is 11.1 Å². The monoisotopic (exact) mass is 264 g/mol. The van der Waals surface area contributed by atoms with Crippen LogP contribution in [0.15, 0.2) is 30.3 Å². The minimum atomic E-state index is -0.499. The van der Waals surface area contributed by atoms with E-state index in [-0.39, 0.29) is 11.1 Å². The summed E-state index contributed by atoms with van der Waals surface area (Å²) in [5.74, 6) is -0.965. The average Bonchev–Trinajstić information content (AvgIpc) is 2.49. The van der Waals surface area contributed by atoms with Crippen LogP contribution in [-0.2, 0) is 6.42 Å². The van der Waals surface area contributed by atoms with E-state index in [1.165, 1.54) is 6.07 Å². The maximum atomic E-state index is 9.78. The molecule has 2 aromatic carbocycles. The number of nitriles is 2. The summed E-state index contributed by atoms with van der Waals surface area (Å²) in [5, 5.41) is 37.7. The van der Waals surface area contributed by atoms with E-state index >= 15 is 0 Å². The lowest BCUT2D eigenvalue weighted by Gasteiger charge is -2.10. The standard InChI is InChI=1S/C16H12N2O2/c1-2-10-3-5-11(6-4-10)15-12(8-17)7-14(19)16(20)13(15)9-18/h3-7,19-20H,2H2,1H3. The Morgan fingerprint density at radius 3 is 2.20 bits per heavy atom. The average molecular weight is 264 g/mol. The van der Waals surface area contributed by atoms with E-state index in [0.29, 0.717) is 11.1 Å². The quantitative estimate of drug-likeness (QED) is 0.816. The van der Waals surface area contributed by atoms with Gasteiger partial charge in [0.1, 0.15) is 11.6 Å². The molecular formula is C16H12N2O2. The Bertz CT molecular complexity index is 735. The predicted octanol–water partition coefficient (Wildman–Crippen LogP) is 3.07. The molecule has 0 aliphatic rings. The van der Waals surface area contributed by atoms with Crippen molar-refractivity contribution < 1.29 is 10.2 Å². The highest BCUT2D eigenvalue weighted by Gasteiger charge is 2.18. The largest absolute Gasteiger partial charge is 0.504 e. The Morgan fingerprint density at radius 1 is 1.05 bits per heavy atom. The van der Waals surface area contributed by atoms with Crippen LogP contribution in [0.3, 0.4) is 0 Å². The van der Waals surface area contributed by atoms with Crippen LogP contribution in [0.2, 0.25) is 0 Å².